The molecule has 0 radical (unpaired) electrons. The van der Waals surface area contributed by atoms with Gasteiger partial charge in [-0.2, -0.15) is 0 Å². The molecule has 94 valence electrons. The summed E-state index contributed by atoms with van der Waals surface area (Å²) in [4.78, 5) is 21.1. The second kappa shape index (κ2) is 7.18. The number of hydrogen-bond donors (Lipinski definition) is 3. The van der Waals surface area contributed by atoms with Crippen LogP contribution in [0.1, 0.15) is 19.8 Å². The van der Waals surface area contributed by atoms with E-state index in [1.807, 2.05) is 12.2 Å². The van der Waals surface area contributed by atoms with Crippen molar-refractivity contribution in [1.29, 1.82) is 0 Å². The van der Waals surface area contributed by atoms with Crippen molar-refractivity contribution in [1.82, 2.24) is 10.0 Å². The summed E-state index contributed by atoms with van der Waals surface area (Å²) in [6, 6.07) is 0. The molecule has 3 N–H and O–H groups in total. The van der Waals surface area contributed by atoms with Gasteiger partial charge in [0.2, 0.25) is 15.9 Å². The summed E-state index contributed by atoms with van der Waals surface area (Å²) in [5.41, 5.74) is 0. The molecular formula is C8H16N2O5S. The Morgan fingerprint density at radius 2 is 1.88 bits per heavy atom. The number of carboxylic acids is 1. The molecule has 16 heavy (non-hydrogen) atoms. The zero-order valence-electron chi connectivity index (χ0n) is 9.02. The van der Waals surface area contributed by atoms with Gasteiger partial charge < -0.3 is 10.4 Å². The summed E-state index contributed by atoms with van der Waals surface area (Å²) in [6.07, 6.45) is 1.26. The van der Waals surface area contributed by atoms with E-state index in [1.54, 1.807) is 0 Å². The highest BCUT2D eigenvalue weighted by molar-refractivity contribution is 7.89. The Morgan fingerprint density at radius 1 is 1.25 bits per heavy atom. The molecule has 0 heterocycles. The zero-order valence-corrected chi connectivity index (χ0v) is 9.84. The first-order valence-electron chi connectivity index (χ1n) is 4.83. The minimum Gasteiger partial charge on any atom is -0.480 e. The molecule has 0 aliphatic rings. The lowest BCUT2D eigenvalue weighted by Crippen LogP contribution is -2.39. The maximum atomic E-state index is 11.2. The molecule has 0 aromatic rings. The maximum Gasteiger partial charge on any atom is 0.322 e. The molecule has 7 nitrogen and oxygen atoms in total. The molecule has 0 unspecified atom stereocenters. The standard InChI is InChI=1S/C8H16N2O5S/c1-2-3-4-16(14,15)10-5-7(11)9-6-8(12)13/h10H,2-6H2,1H3,(H,9,11)(H,12,13). The fourth-order valence-corrected chi connectivity index (χ4v) is 1.98. The number of carbonyl (C=O) groups is 2. The highest BCUT2D eigenvalue weighted by atomic mass is 32.2. The lowest BCUT2D eigenvalue weighted by Gasteiger charge is -2.05. The Morgan fingerprint density at radius 3 is 2.38 bits per heavy atom. The van der Waals surface area contributed by atoms with E-state index in [-0.39, 0.29) is 5.75 Å². The number of nitrogens with one attached hydrogen (secondary N) is 2. The van der Waals surface area contributed by atoms with E-state index in [0.29, 0.717) is 6.42 Å². The van der Waals surface area contributed by atoms with Crippen molar-refractivity contribution in [2.75, 3.05) is 18.8 Å². The first-order chi connectivity index (χ1) is 7.37. The van der Waals surface area contributed by atoms with Gasteiger partial charge in [0, 0.05) is 0 Å². The van der Waals surface area contributed by atoms with Crippen LogP contribution < -0.4 is 10.0 Å². The van der Waals surface area contributed by atoms with Crippen LogP contribution in [0.3, 0.4) is 0 Å². The molecule has 1 amide bonds. The summed E-state index contributed by atoms with van der Waals surface area (Å²) in [5, 5.41) is 10.3. The Labute approximate surface area is 94.3 Å². The average Bonchev–Trinajstić information content (AvgIpc) is 2.21. The Balaban J connectivity index is 3.86. The van der Waals surface area contributed by atoms with Crippen molar-refractivity contribution in [2.24, 2.45) is 0 Å². The molecule has 0 spiro atoms. The van der Waals surface area contributed by atoms with Crippen molar-refractivity contribution in [3.8, 4) is 0 Å². The number of aliphatic carboxylic acids is 1. The van der Waals surface area contributed by atoms with E-state index in [4.69, 9.17) is 5.11 Å². The van der Waals surface area contributed by atoms with E-state index < -0.39 is 35.0 Å². The quantitative estimate of drug-likeness (QED) is 0.508. The summed E-state index contributed by atoms with van der Waals surface area (Å²) < 4.78 is 24.5. The predicted octanol–water partition coefficient (Wildman–Crippen LogP) is -1.09. The number of hydrogen-bond acceptors (Lipinski definition) is 4. The first-order valence-corrected chi connectivity index (χ1v) is 6.48. The molecule has 0 aromatic carbocycles. The van der Waals surface area contributed by atoms with Crippen LogP contribution in [0.4, 0.5) is 0 Å². The van der Waals surface area contributed by atoms with Gasteiger partial charge in [0.05, 0.1) is 12.3 Å². The fourth-order valence-electron chi connectivity index (χ4n) is 0.819. The fraction of sp³-hybridized carbons (Fsp3) is 0.750. The van der Waals surface area contributed by atoms with Crippen molar-refractivity contribution >= 4 is 21.9 Å². The Bertz CT molecular complexity index is 338. The van der Waals surface area contributed by atoms with Gasteiger partial charge in [-0.3, -0.25) is 9.59 Å². The second-order valence-corrected chi connectivity index (χ2v) is 5.09. The number of sulfonamides is 1. The number of carboxylic acid groups (broad SMARTS) is 1. The molecule has 0 atom stereocenters. The third kappa shape index (κ3) is 8.18. The van der Waals surface area contributed by atoms with Gasteiger partial charge in [-0.1, -0.05) is 13.3 Å². The Kier molecular flexibility index (Phi) is 6.66. The molecule has 0 aromatic heterocycles. The largest absolute Gasteiger partial charge is 0.480 e. The van der Waals surface area contributed by atoms with E-state index in [0.717, 1.165) is 6.42 Å². The monoisotopic (exact) mass is 252 g/mol. The summed E-state index contributed by atoms with van der Waals surface area (Å²) >= 11 is 0. The van der Waals surface area contributed by atoms with Crippen molar-refractivity contribution in [3.63, 3.8) is 0 Å². The SMILES string of the molecule is CCCCS(=O)(=O)NCC(=O)NCC(=O)O. The van der Waals surface area contributed by atoms with E-state index in [2.05, 4.69) is 4.72 Å². The first kappa shape index (κ1) is 14.8. The molecule has 0 saturated heterocycles. The topological polar surface area (TPSA) is 113 Å². The predicted molar refractivity (Wildman–Crippen MR) is 57.3 cm³/mol. The minimum atomic E-state index is -3.44. The number of carbonyl (C=O) groups excluding carboxylic acids is 1. The van der Waals surface area contributed by atoms with Gasteiger partial charge >= 0.3 is 5.97 Å². The number of unbranched alkanes of at least 4 members (excludes halogenated alkanes) is 1. The van der Waals surface area contributed by atoms with Crippen LogP contribution in [0, 0.1) is 0 Å². The van der Waals surface area contributed by atoms with Gasteiger partial charge in [-0.05, 0) is 6.42 Å². The lowest BCUT2D eigenvalue weighted by atomic mass is 10.4. The van der Waals surface area contributed by atoms with Gasteiger partial charge in [0.25, 0.3) is 0 Å². The van der Waals surface area contributed by atoms with Crippen LogP contribution in [0.25, 0.3) is 0 Å². The number of rotatable bonds is 8. The van der Waals surface area contributed by atoms with Crippen molar-refractivity contribution in [2.45, 2.75) is 19.8 Å². The molecule has 0 aliphatic heterocycles. The average molecular weight is 252 g/mol. The zero-order chi connectivity index (χ0) is 12.6. The van der Waals surface area contributed by atoms with Gasteiger partial charge in [0.15, 0.2) is 0 Å². The summed E-state index contributed by atoms with van der Waals surface area (Å²) in [6.45, 7) is 0.907. The minimum absolute atomic E-state index is 0.0320. The smallest absolute Gasteiger partial charge is 0.322 e. The summed E-state index contributed by atoms with van der Waals surface area (Å²) in [5.74, 6) is -1.87. The van der Waals surface area contributed by atoms with Crippen LogP contribution >= 0.6 is 0 Å². The molecule has 0 bridgehead atoms. The molecule has 0 rings (SSSR count). The van der Waals surface area contributed by atoms with E-state index in [1.165, 1.54) is 0 Å². The third-order valence-electron chi connectivity index (χ3n) is 1.66. The van der Waals surface area contributed by atoms with Crippen LogP contribution in [-0.2, 0) is 19.6 Å². The second-order valence-electron chi connectivity index (χ2n) is 3.16. The third-order valence-corrected chi connectivity index (χ3v) is 3.07. The summed E-state index contributed by atoms with van der Waals surface area (Å²) in [7, 11) is -3.44. The molecule has 0 saturated carbocycles. The Hall–Kier alpha value is -1.15. The maximum absolute atomic E-state index is 11.2. The van der Waals surface area contributed by atoms with Crippen molar-refractivity contribution in [3.05, 3.63) is 0 Å². The van der Waals surface area contributed by atoms with Crippen LogP contribution in [0.15, 0.2) is 0 Å². The molecular weight excluding hydrogens is 236 g/mol. The molecule has 0 aliphatic carbocycles. The van der Waals surface area contributed by atoms with Crippen LogP contribution in [0.5, 0.6) is 0 Å². The number of amides is 1. The van der Waals surface area contributed by atoms with Gasteiger partial charge in [0.1, 0.15) is 6.54 Å². The van der Waals surface area contributed by atoms with Gasteiger partial charge in [-0.25, -0.2) is 13.1 Å². The van der Waals surface area contributed by atoms with Crippen molar-refractivity contribution < 1.29 is 23.1 Å². The van der Waals surface area contributed by atoms with Crippen LogP contribution in [-0.4, -0.2) is 44.2 Å². The van der Waals surface area contributed by atoms with Crippen LogP contribution in [0.2, 0.25) is 0 Å². The van der Waals surface area contributed by atoms with E-state index >= 15 is 0 Å². The normalized spacial score (nSPS) is 11.1. The van der Waals surface area contributed by atoms with E-state index in [9.17, 15) is 18.0 Å². The van der Waals surface area contributed by atoms with Gasteiger partial charge in [-0.15, -0.1) is 0 Å². The lowest BCUT2D eigenvalue weighted by molar-refractivity contribution is -0.137. The highest BCUT2D eigenvalue weighted by Gasteiger charge is 2.11. The highest BCUT2D eigenvalue weighted by Crippen LogP contribution is 1.92. The molecule has 0 fully saturated rings. The molecule has 8 heteroatoms.